The fourth-order valence-electron chi connectivity index (χ4n) is 2.12. The number of benzene rings is 1. The lowest BCUT2D eigenvalue weighted by Gasteiger charge is -2.14. The molecule has 2 aromatic rings. The van der Waals surface area contributed by atoms with Gasteiger partial charge in [0.15, 0.2) is 6.61 Å². The molecule has 1 atom stereocenters. The van der Waals surface area contributed by atoms with E-state index in [1.165, 1.54) is 11.3 Å². The van der Waals surface area contributed by atoms with Crippen molar-refractivity contribution in [2.45, 2.75) is 19.3 Å². The number of nitrogens with one attached hydrogen (secondary N) is 1. The van der Waals surface area contributed by atoms with E-state index in [9.17, 15) is 9.59 Å². The Morgan fingerprint density at radius 3 is 2.70 bits per heavy atom. The summed E-state index contributed by atoms with van der Waals surface area (Å²) in [5.41, 5.74) is 1.26. The topological polar surface area (TPSA) is 79.2 Å². The number of thiophene rings is 1. The Morgan fingerprint density at radius 2 is 2.04 bits per heavy atom. The van der Waals surface area contributed by atoms with Crippen LogP contribution in [0.3, 0.4) is 0 Å². The summed E-state index contributed by atoms with van der Waals surface area (Å²) in [7, 11) is 0. The smallest absolute Gasteiger partial charge is 0.313 e. The van der Waals surface area contributed by atoms with Crippen LogP contribution in [-0.2, 0) is 14.3 Å². The lowest BCUT2D eigenvalue weighted by molar-refractivity contribution is -0.149. The maximum atomic E-state index is 12.2. The molecule has 0 unspecified atom stereocenters. The number of carbonyl (C=O) groups excluding carboxylic acids is 2. The molecule has 1 heterocycles. The zero-order valence-electron chi connectivity index (χ0n) is 12.6. The quantitative estimate of drug-likeness (QED) is 0.825. The Morgan fingerprint density at radius 1 is 1.30 bits per heavy atom. The van der Waals surface area contributed by atoms with Gasteiger partial charge >= 0.3 is 5.97 Å². The molecule has 0 fully saturated rings. The molecule has 1 aromatic carbocycles. The van der Waals surface area contributed by atoms with Crippen LogP contribution in [0.4, 0.5) is 5.00 Å². The van der Waals surface area contributed by atoms with E-state index < -0.39 is 11.9 Å². The molecule has 0 spiro atoms. The SMILES string of the molecule is CC[C@H](C(=O)OCC(=O)Nc1sccc1C#N)c1ccccc1. The number of esters is 1. The third kappa shape index (κ3) is 4.41. The number of rotatable bonds is 6. The highest BCUT2D eigenvalue weighted by Crippen LogP contribution is 2.23. The van der Waals surface area contributed by atoms with Crippen LogP contribution < -0.4 is 5.32 Å². The van der Waals surface area contributed by atoms with Crippen LogP contribution in [0.25, 0.3) is 0 Å². The summed E-state index contributed by atoms with van der Waals surface area (Å²) in [6.07, 6.45) is 0.591. The molecule has 118 valence electrons. The third-order valence-electron chi connectivity index (χ3n) is 3.28. The molecule has 1 aromatic heterocycles. The minimum Gasteiger partial charge on any atom is -0.455 e. The van der Waals surface area contributed by atoms with E-state index in [2.05, 4.69) is 5.32 Å². The summed E-state index contributed by atoms with van der Waals surface area (Å²) in [6.45, 7) is 1.52. The number of hydrogen-bond acceptors (Lipinski definition) is 5. The van der Waals surface area contributed by atoms with Gasteiger partial charge < -0.3 is 10.1 Å². The van der Waals surface area contributed by atoms with Crippen molar-refractivity contribution in [3.8, 4) is 6.07 Å². The highest BCUT2D eigenvalue weighted by molar-refractivity contribution is 7.14. The molecule has 0 radical (unpaired) electrons. The lowest BCUT2D eigenvalue weighted by Crippen LogP contribution is -2.23. The Labute approximate surface area is 138 Å². The van der Waals surface area contributed by atoms with Crippen LogP contribution in [0.2, 0.25) is 0 Å². The molecule has 1 N–H and O–H groups in total. The summed E-state index contributed by atoms with van der Waals surface area (Å²) in [5, 5.41) is 13.6. The van der Waals surface area contributed by atoms with E-state index in [0.717, 1.165) is 5.56 Å². The maximum Gasteiger partial charge on any atom is 0.313 e. The van der Waals surface area contributed by atoms with Crippen LogP contribution in [0.1, 0.15) is 30.4 Å². The second-order valence-electron chi connectivity index (χ2n) is 4.80. The molecule has 5 nitrogen and oxygen atoms in total. The second kappa shape index (κ2) is 8.11. The van der Waals surface area contributed by atoms with E-state index in [4.69, 9.17) is 10.00 Å². The molecule has 0 aliphatic rings. The van der Waals surface area contributed by atoms with Crippen molar-refractivity contribution in [1.82, 2.24) is 0 Å². The van der Waals surface area contributed by atoms with Gasteiger partial charge in [-0.2, -0.15) is 5.26 Å². The van der Waals surface area contributed by atoms with Crippen molar-refractivity contribution in [1.29, 1.82) is 5.26 Å². The first-order valence-electron chi connectivity index (χ1n) is 7.14. The largest absolute Gasteiger partial charge is 0.455 e. The molecule has 23 heavy (non-hydrogen) atoms. The van der Waals surface area contributed by atoms with Gasteiger partial charge in [0.05, 0.1) is 11.5 Å². The Balaban J connectivity index is 1.91. The molecular formula is C17H16N2O3S. The highest BCUT2D eigenvalue weighted by atomic mass is 32.1. The number of amides is 1. The molecule has 0 saturated heterocycles. The van der Waals surface area contributed by atoms with E-state index in [-0.39, 0.29) is 12.5 Å². The fraction of sp³-hybridized carbons (Fsp3) is 0.235. The second-order valence-corrected chi connectivity index (χ2v) is 5.72. The van der Waals surface area contributed by atoms with Crippen LogP contribution in [0, 0.1) is 11.3 Å². The van der Waals surface area contributed by atoms with E-state index in [1.807, 2.05) is 43.3 Å². The van der Waals surface area contributed by atoms with Crippen molar-refractivity contribution in [2.75, 3.05) is 11.9 Å². The zero-order valence-corrected chi connectivity index (χ0v) is 13.4. The van der Waals surface area contributed by atoms with Crippen molar-refractivity contribution < 1.29 is 14.3 Å². The number of carbonyl (C=O) groups is 2. The predicted octanol–water partition coefficient (Wildman–Crippen LogP) is 3.30. The molecule has 0 bridgehead atoms. The van der Waals surface area contributed by atoms with Crippen LogP contribution in [0.15, 0.2) is 41.8 Å². The highest BCUT2D eigenvalue weighted by Gasteiger charge is 2.21. The average Bonchev–Trinajstić information content (AvgIpc) is 3.01. The lowest BCUT2D eigenvalue weighted by atomic mass is 9.97. The van der Waals surface area contributed by atoms with Crippen molar-refractivity contribution >= 4 is 28.2 Å². The summed E-state index contributed by atoms with van der Waals surface area (Å²) < 4.78 is 5.10. The number of ether oxygens (including phenoxy) is 1. The van der Waals surface area contributed by atoms with Crippen LogP contribution in [0.5, 0.6) is 0 Å². The van der Waals surface area contributed by atoms with Gasteiger partial charge in [-0.1, -0.05) is 37.3 Å². The fourth-order valence-corrected chi connectivity index (χ4v) is 2.87. The normalized spacial score (nSPS) is 11.3. The van der Waals surface area contributed by atoms with E-state index >= 15 is 0 Å². The van der Waals surface area contributed by atoms with Gasteiger partial charge in [-0.25, -0.2) is 0 Å². The summed E-state index contributed by atoms with van der Waals surface area (Å²) >= 11 is 1.25. The first-order valence-corrected chi connectivity index (χ1v) is 8.02. The summed E-state index contributed by atoms with van der Waals surface area (Å²) in [5.74, 6) is -1.28. The Kier molecular flexibility index (Phi) is 5.89. The van der Waals surface area contributed by atoms with E-state index in [1.54, 1.807) is 11.4 Å². The zero-order chi connectivity index (χ0) is 16.7. The maximum absolute atomic E-state index is 12.2. The standard InChI is InChI=1S/C17H16N2O3S/c1-2-14(12-6-4-3-5-7-12)17(21)22-11-15(20)19-16-13(10-18)8-9-23-16/h3-9,14H,2,11H2,1H3,(H,19,20)/t14-/m0/s1. The van der Waals surface area contributed by atoms with Gasteiger partial charge in [0.2, 0.25) is 0 Å². The number of nitriles is 1. The van der Waals surface area contributed by atoms with Gasteiger partial charge in [0.1, 0.15) is 11.1 Å². The molecule has 0 aliphatic heterocycles. The average molecular weight is 328 g/mol. The van der Waals surface area contributed by atoms with Gasteiger partial charge in [0, 0.05) is 0 Å². The Hall–Kier alpha value is -2.65. The monoisotopic (exact) mass is 328 g/mol. The molecular weight excluding hydrogens is 312 g/mol. The minimum absolute atomic E-state index is 0.370. The minimum atomic E-state index is -0.458. The van der Waals surface area contributed by atoms with Gasteiger partial charge in [-0.15, -0.1) is 11.3 Å². The van der Waals surface area contributed by atoms with Gasteiger partial charge in [0.25, 0.3) is 5.91 Å². The van der Waals surface area contributed by atoms with Crippen molar-refractivity contribution in [3.63, 3.8) is 0 Å². The van der Waals surface area contributed by atoms with Gasteiger partial charge in [-0.3, -0.25) is 9.59 Å². The first-order chi connectivity index (χ1) is 11.2. The summed E-state index contributed by atoms with van der Waals surface area (Å²) in [6, 6.07) is 12.9. The predicted molar refractivity (Wildman–Crippen MR) is 88.1 cm³/mol. The molecule has 0 aliphatic carbocycles. The van der Waals surface area contributed by atoms with E-state index in [0.29, 0.717) is 17.0 Å². The molecule has 2 rings (SSSR count). The van der Waals surface area contributed by atoms with Crippen molar-refractivity contribution in [2.24, 2.45) is 0 Å². The summed E-state index contributed by atoms with van der Waals surface area (Å²) in [4.78, 5) is 24.0. The molecule has 0 saturated carbocycles. The molecule has 1 amide bonds. The van der Waals surface area contributed by atoms with Crippen molar-refractivity contribution in [3.05, 3.63) is 52.9 Å². The molecule has 6 heteroatoms. The number of anilines is 1. The first kappa shape index (κ1) is 16.7. The Bertz CT molecular complexity index is 719. The van der Waals surface area contributed by atoms with Gasteiger partial charge in [-0.05, 0) is 23.4 Å². The third-order valence-corrected chi connectivity index (χ3v) is 4.11. The van der Waals surface area contributed by atoms with Crippen LogP contribution >= 0.6 is 11.3 Å². The number of hydrogen-bond donors (Lipinski definition) is 1. The number of nitrogens with zero attached hydrogens (tertiary/aromatic N) is 1. The van der Waals surface area contributed by atoms with Crippen LogP contribution in [-0.4, -0.2) is 18.5 Å².